The van der Waals surface area contributed by atoms with E-state index in [4.69, 9.17) is 4.74 Å². The Morgan fingerprint density at radius 1 is 1.24 bits per heavy atom. The van der Waals surface area contributed by atoms with Crippen LogP contribution in [0.4, 0.5) is 0 Å². The second-order valence-corrected chi connectivity index (χ2v) is 8.02. The van der Waals surface area contributed by atoms with Crippen LogP contribution in [0.5, 0.6) is 0 Å². The molecule has 0 radical (unpaired) electrons. The van der Waals surface area contributed by atoms with E-state index in [9.17, 15) is 0 Å². The Hall–Kier alpha value is -0.120. The highest BCUT2D eigenvalue weighted by Gasteiger charge is 2.40. The smallest absolute Gasteiger partial charge is 0.0495 e. The molecule has 3 heteroatoms. The van der Waals surface area contributed by atoms with Crippen molar-refractivity contribution in [3.63, 3.8) is 0 Å². The predicted octanol–water partition coefficient (Wildman–Crippen LogP) is 3.05. The average Bonchev–Trinajstić information content (AvgIpc) is 2.99. The molecule has 1 saturated carbocycles. The van der Waals surface area contributed by atoms with E-state index in [1.165, 1.54) is 64.6 Å². The molecule has 0 amide bonds. The summed E-state index contributed by atoms with van der Waals surface area (Å²) >= 11 is 0. The van der Waals surface area contributed by atoms with E-state index in [1.54, 1.807) is 0 Å². The van der Waals surface area contributed by atoms with Crippen molar-refractivity contribution in [2.24, 2.45) is 11.8 Å². The molecule has 2 aliphatic heterocycles. The van der Waals surface area contributed by atoms with Crippen molar-refractivity contribution in [3.05, 3.63) is 0 Å². The van der Waals surface area contributed by atoms with Crippen molar-refractivity contribution in [2.45, 2.75) is 70.4 Å². The number of ether oxygens (including phenoxy) is 1. The Balaban J connectivity index is 1.60. The van der Waals surface area contributed by atoms with Gasteiger partial charge in [0.2, 0.25) is 0 Å². The van der Waals surface area contributed by atoms with Crippen molar-refractivity contribution in [2.75, 3.05) is 32.8 Å². The molecule has 0 bridgehead atoms. The maximum atomic E-state index is 5.55. The molecule has 2 atom stereocenters. The normalized spacial score (nSPS) is 33.9. The number of piperazine rings is 1. The molecule has 122 valence electrons. The van der Waals surface area contributed by atoms with Crippen LogP contribution in [-0.4, -0.2) is 49.3 Å². The van der Waals surface area contributed by atoms with E-state index < -0.39 is 0 Å². The maximum absolute atomic E-state index is 5.55. The lowest BCUT2D eigenvalue weighted by atomic mass is 9.78. The SMILES string of the molecule is CC(C)C1CNC2(CCCCC2)CN1CCC1CCOC1. The number of rotatable bonds is 4. The lowest BCUT2D eigenvalue weighted by Crippen LogP contribution is -2.66. The van der Waals surface area contributed by atoms with Crippen LogP contribution in [0.1, 0.15) is 58.8 Å². The van der Waals surface area contributed by atoms with Crippen molar-refractivity contribution < 1.29 is 4.74 Å². The van der Waals surface area contributed by atoms with Crippen LogP contribution in [0, 0.1) is 11.8 Å². The van der Waals surface area contributed by atoms with E-state index in [0.29, 0.717) is 5.54 Å². The number of nitrogens with zero attached hydrogens (tertiary/aromatic N) is 1. The van der Waals surface area contributed by atoms with Crippen molar-refractivity contribution >= 4 is 0 Å². The van der Waals surface area contributed by atoms with Gasteiger partial charge in [0.1, 0.15) is 0 Å². The van der Waals surface area contributed by atoms with E-state index in [0.717, 1.165) is 31.1 Å². The van der Waals surface area contributed by atoms with Gasteiger partial charge in [-0.15, -0.1) is 0 Å². The van der Waals surface area contributed by atoms with Gasteiger partial charge in [0, 0.05) is 37.9 Å². The molecule has 3 fully saturated rings. The third kappa shape index (κ3) is 3.80. The van der Waals surface area contributed by atoms with Crippen molar-refractivity contribution in [1.82, 2.24) is 10.2 Å². The highest BCUT2D eigenvalue weighted by Crippen LogP contribution is 2.33. The predicted molar refractivity (Wildman–Crippen MR) is 87.6 cm³/mol. The van der Waals surface area contributed by atoms with Gasteiger partial charge >= 0.3 is 0 Å². The fourth-order valence-corrected chi connectivity index (χ4v) is 4.64. The van der Waals surface area contributed by atoms with Gasteiger partial charge in [-0.1, -0.05) is 33.1 Å². The summed E-state index contributed by atoms with van der Waals surface area (Å²) in [6.45, 7) is 10.5. The van der Waals surface area contributed by atoms with Crippen molar-refractivity contribution in [1.29, 1.82) is 0 Å². The van der Waals surface area contributed by atoms with E-state index >= 15 is 0 Å². The van der Waals surface area contributed by atoms with Gasteiger partial charge in [0.05, 0.1) is 0 Å². The lowest BCUT2D eigenvalue weighted by Gasteiger charge is -2.51. The molecule has 1 spiro atoms. The number of hydrogen-bond donors (Lipinski definition) is 1. The molecule has 0 aromatic carbocycles. The standard InChI is InChI=1S/C18H34N2O/c1-15(2)17-12-19-18(8-4-3-5-9-18)14-20(17)10-6-16-7-11-21-13-16/h15-17,19H,3-14H2,1-2H3. The van der Waals surface area contributed by atoms with Gasteiger partial charge < -0.3 is 10.1 Å². The van der Waals surface area contributed by atoms with Crippen LogP contribution < -0.4 is 5.32 Å². The molecule has 2 unspecified atom stereocenters. The zero-order valence-corrected chi connectivity index (χ0v) is 14.1. The molecule has 2 saturated heterocycles. The average molecular weight is 294 g/mol. The Kier molecular flexibility index (Phi) is 5.23. The van der Waals surface area contributed by atoms with Gasteiger partial charge in [-0.05, 0) is 44.1 Å². The Labute approximate surface area is 130 Å². The van der Waals surface area contributed by atoms with Crippen LogP contribution in [0.2, 0.25) is 0 Å². The second kappa shape index (κ2) is 6.97. The molecular formula is C18H34N2O. The minimum Gasteiger partial charge on any atom is -0.381 e. The van der Waals surface area contributed by atoms with Gasteiger partial charge in [0.25, 0.3) is 0 Å². The summed E-state index contributed by atoms with van der Waals surface area (Å²) in [5.74, 6) is 1.56. The molecule has 2 heterocycles. The van der Waals surface area contributed by atoms with E-state index in [1.807, 2.05) is 0 Å². The van der Waals surface area contributed by atoms with Crippen LogP contribution in [-0.2, 0) is 4.74 Å². The first-order valence-electron chi connectivity index (χ1n) is 9.25. The fraction of sp³-hybridized carbons (Fsp3) is 1.00. The number of hydrogen-bond acceptors (Lipinski definition) is 3. The molecular weight excluding hydrogens is 260 g/mol. The maximum Gasteiger partial charge on any atom is 0.0495 e. The molecule has 0 aromatic heterocycles. The summed E-state index contributed by atoms with van der Waals surface area (Å²) in [7, 11) is 0. The quantitative estimate of drug-likeness (QED) is 0.862. The summed E-state index contributed by atoms with van der Waals surface area (Å²) in [4.78, 5) is 2.82. The Morgan fingerprint density at radius 3 is 2.71 bits per heavy atom. The molecule has 3 rings (SSSR count). The highest BCUT2D eigenvalue weighted by molar-refractivity contribution is 5.00. The largest absolute Gasteiger partial charge is 0.381 e. The molecule has 0 aromatic rings. The summed E-state index contributed by atoms with van der Waals surface area (Å²) < 4.78 is 5.55. The first kappa shape index (κ1) is 15.8. The topological polar surface area (TPSA) is 24.5 Å². The minimum absolute atomic E-state index is 0.440. The Bertz CT molecular complexity index is 319. The third-order valence-electron chi connectivity index (χ3n) is 6.09. The second-order valence-electron chi connectivity index (χ2n) is 8.02. The monoisotopic (exact) mass is 294 g/mol. The summed E-state index contributed by atoms with van der Waals surface area (Å²) in [6, 6.07) is 0.722. The molecule has 1 aliphatic carbocycles. The zero-order valence-electron chi connectivity index (χ0n) is 14.1. The zero-order chi connectivity index (χ0) is 14.7. The van der Waals surface area contributed by atoms with Crippen LogP contribution >= 0.6 is 0 Å². The van der Waals surface area contributed by atoms with Crippen LogP contribution in [0.25, 0.3) is 0 Å². The van der Waals surface area contributed by atoms with Crippen LogP contribution in [0.15, 0.2) is 0 Å². The van der Waals surface area contributed by atoms with Gasteiger partial charge in [0.15, 0.2) is 0 Å². The summed E-state index contributed by atoms with van der Waals surface area (Å²) in [5.41, 5.74) is 0.440. The van der Waals surface area contributed by atoms with Gasteiger partial charge in [-0.2, -0.15) is 0 Å². The van der Waals surface area contributed by atoms with Crippen LogP contribution in [0.3, 0.4) is 0 Å². The van der Waals surface area contributed by atoms with Gasteiger partial charge in [-0.3, -0.25) is 4.90 Å². The van der Waals surface area contributed by atoms with Gasteiger partial charge in [-0.25, -0.2) is 0 Å². The Morgan fingerprint density at radius 2 is 2.05 bits per heavy atom. The summed E-state index contributed by atoms with van der Waals surface area (Å²) in [5, 5.41) is 3.96. The number of nitrogens with one attached hydrogen (secondary N) is 1. The molecule has 21 heavy (non-hydrogen) atoms. The minimum atomic E-state index is 0.440. The first-order chi connectivity index (χ1) is 10.2. The lowest BCUT2D eigenvalue weighted by molar-refractivity contribution is 0.0324. The van der Waals surface area contributed by atoms with Crippen molar-refractivity contribution in [3.8, 4) is 0 Å². The first-order valence-corrected chi connectivity index (χ1v) is 9.25. The fourth-order valence-electron chi connectivity index (χ4n) is 4.64. The van der Waals surface area contributed by atoms with E-state index in [2.05, 4.69) is 24.1 Å². The molecule has 1 N–H and O–H groups in total. The molecule has 3 nitrogen and oxygen atoms in total. The third-order valence-corrected chi connectivity index (χ3v) is 6.09. The molecule has 3 aliphatic rings. The van der Waals surface area contributed by atoms with E-state index in [-0.39, 0.29) is 0 Å². The highest BCUT2D eigenvalue weighted by atomic mass is 16.5. The summed E-state index contributed by atoms with van der Waals surface area (Å²) in [6.07, 6.45) is 9.67.